The minimum atomic E-state index is -0.283. The molecule has 1 aromatic heterocycles. The van der Waals surface area contributed by atoms with Crippen molar-refractivity contribution in [2.45, 2.75) is 18.4 Å². The third-order valence-electron chi connectivity index (χ3n) is 4.25. The number of thioether (sulfide) groups is 1. The van der Waals surface area contributed by atoms with Crippen molar-refractivity contribution in [1.82, 2.24) is 9.99 Å². The summed E-state index contributed by atoms with van der Waals surface area (Å²) in [4.78, 5) is 28.5. The number of hydrogen-bond donors (Lipinski definition) is 1. The highest BCUT2D eigenvalue weighted by molar-refractivity contribution is 8.08. The molecule has 0 spiro atoms. The Kier molecular flexibility index (Phi) is 4.08. The standard InChI is InChI=1S/C18H16N4O2S2/c1-4-9-22-16(24)14(26-17(22)13-10(2)19-20-15(13)23)18-21(3)11-7-5-6-8-12(11)25-18/h4-8H,1,9H2,2-3H3,(H,20,23)/b17-13?,18-14-. The summed E-state index contributed by atoms with van der Waals surface area (Å²) in [6.07, 6.45) is 1.66. The maximum absolute atomic E-state index is 13.1. The number of para-hydroxylation sites is 1. The largest absolute Gasteiger partial charge is 0.337 e. The van der Waals surface area contributed by atoms with Crippen LogP contribution in [0.25, 0.3) is 10.6 Å². The average molecular weight is 384 g/mol. The monoisotopic (exact) mass is 384 g/mol. The van der Waals surface area contributed by atoms with E-state index in [9.17, 15) is 9.59 Å². The lowest BCUT2D eigenvalue weighted by Gasteiger charge is -2.11. The number of anilines is 1. The molecule has 0 saturated heterocycles. The lowest BCUT2D eigenvalue weighted by Crippen LogP contribution is -2.35. The minimum Gasteiger partial charge on any atom is -0.337 e. The molecule has 2 aliphatic heterocycles. The van der Waals surface area contributed by atoms with E-state index in [0.29, 0.717) is 27.0 Å². The van der Waals surface area contributed by atoms with E-state index in [4.69, 9.17) is 0 Å². The van der Waals surface area contributed by atoms with Gasteiger partial charge in [-0.25, -0.2) is 5.43 Å². The van der Waals surface area contributed by atoms with E-state index >= 15 is 0 Å². The van der Waals surface area contributed by atoms with Crippen LogP contribution in [0.4, 0.5) is 5.69 Å². The Morgan fingerprint density at radius 3 is 2.73 bits per heavy atom. The minimum absolute atomic E-state index is 0.118. The zero-order valence-electron chi connectivity index (χ0n) is 14.3. The van der Waals surface area contributed by atoms with E-state index in [-0.39, 0.29) is 11.5 Å². The Hall–Kier alpha value is -2.58. The topological polar surface area (TPSA) is 66.7 Å². The normalized spacial score (nSPS) is 20.2. The number of allylic oxidation sites excluding steroid dienone is 1. The zero-order valence-corrected chi connectivity index (χ0v) is 15.9. The van der Waals surface area contributed by atoms with Gasteiger partial charge in [0.05, 0.1) is 17.0 Å². The van der Waals surface area contributed by atoms with Crippen molar-refractivity contribution in [3.05, 3.63) is 56.5 Å². The number of nitrogens with zero attached hydrogens (tertiary/aromatic N) is 3. The van der Waals surface area contributed by atoms with Gasteiger partial charge in [-0.05, 0) is 19.1 Å². The van der Waals surface area contributed by atoms with Gasteiger partial charge in [-0.3, -0.25) is 14.2 Å². The van der Waals surface area contributed by atoms with Crippen LogP contribution in [0.2, 0.25) is 0 Å². The van der Waals surface area contributed by atoms with Gasteiger partial charge in [0, 0.05) is 18.5 Å². The number of carbonyl (C=O) groups is 1. The van der Waals surface area contributed by atoms with Gasteiger partial charge in [0.1, 0.15) is 14.2 Å². The number of carbonyl (C=O) groups excluding carboxylic acids is 1. The second-order valence-electron chi connectivity index (χ2n) is 5.89. The van der Waals surface area contributed by atoms with Gasteiger partial charge < -0.3 is 4.90 Å². The Bertz CT molecular complexity index is 1160. The first-order valence-corrected chi connectivity index (χ1v) is 9.61. The zero-order chi connectivity index (χ0) is 18.4. The Labute approximate surface area is 157 Å². The van der Waals surface area contributed by atoms with Gasteiger partial charge in [-0.2, -0.15) is 5.10 Å². The molecule has 4 rings (SSSR count). The Balaban J connectivity index is 2.05. The summed E-state index contributed by atoms with van der Waals surface area (Å²) >= 11 is 2.90. The highest BCUT2D eigenvalue weighted by Gasteiger charge is 2.26. The fourth-order valence-electron chi connectivity index (χ4n) is 2.99. The van der Waals surface area contributed by atoms with E-state index in [1.54, 1.807) is 29.3 Å². The summed E-state index contributed by atoms with van der Waals surface area (Å²) in [5, 5.41) is 4.86. The number of hydrogen-bond acceptors (Lipinski definition) is 6. The molecule has 0 atom stereocenters. The van der Waals surface area contributed by atoms with Gasteiger partial charge in [-0.1, -0.05) is 30.0 Å². The van der Waals surface area contributed by atoms with Crippen LogP contribution in [0.5, 0.6) is 0 Å². The van der Waals surface area contributed by atoms with E-state index in [0.717, 1.165) is 15.6 Å². The summed E-state index contributed by atoms with van der Waals surface area (Å²) in [6.45, 7) is 5.83. The van der Waals surface area contributed by atoms with Crippen LogP contribution in [0, 0.1) is 0 Å². The van der Waals surface area contributed by atoms with Crippen molar-refractivity contribution in [3.63, 3.8) is 0 Å². The fraction of sp³-hybridized carbons (Fsp3) is 0.167. The van der Waals surface area contributed by atoms with Crippen LogP contribution in [-0.4, -0.2) is 23.2 Å². The first-order chi connectivity index (χ1) is 12.5. The number of benzene rings is 1. The third kappa shape index (κ3) is 2.45. The van der Waals surface area contributed by atoms with Crippen molar-refractivity contribution < 1.29 is 4.79 Å². The Morgan fingerprint density at radius 1 is 1.31 bits per heavy atom. The van der Waals surface area contributed by atoms with Crippen LogP contribution < -0.4 is 25.1 Å². The molecule has 0 saturated carbocycles. The van der Waals surface area contributed by atoms with Gasteiger partial charge in [-0.15, -0.1) is 17.9 Å². The molecule has 1 amide bonds. The SMILES string of the molecule is C=CCn1c(=C2C(=O)NN=C2C)s/c(=C2\Sc3ccccc3N2C)c1=O. The quantitative estimate of drug-likeness (QED) is 0.787. The van der Waals surface area contributed by atoms with E-state index in [1.807, 2.05) is 36.2 Å². The highest BCUT2D eigenvalue weighted by Crippen LogP contribution is 2.44. The Morgan fingerprint density at radius 2 is 2.08 bits per heavy atom. The van der Waals surface area contributed by atoms with E-state index in [2.05, 4.69) is 17.1 Å². The van der Waals surface area contributed by atoms with Crippen LogP contribution in [0.3, 0.4) is 0 Å². The van der Waals surface area contributed by atoms with Crippen molar-refractivity contribution in [1.29, 1.82) is 0 Å². The number of nitrogens with one attached hydrogen (secondary N) is 1. The molecule has 0 fully saturated rings. The lowest BCUT2D eigenvalue weighted by atomic mass is 10.2. The molecule has 3 heterocycles. The molecule has 0 unspecified atom stereocenters. The van der Waals surface area contributed by atoms with Crippen molar-refractivity contribution >= 4 is 51.0 Å². The van der Waals surface area contributed by atoms with E-state index in [1.165, 1.54) is 11.3 Å². The van der Waals surface area contributed by atoms with E-state index < -0.39 is 0 Å². The smallest absolute Gasteiger partial charge is 0.276 e. The fourth-order valence-corrected chi connectivity index (χ4v) is 5.55. The second kappa shape index (κ2) is 6.30. The van der Waals surface area contributed by atoms with Gasteiger partial charge in [0.25, 0.3) is 11.5 Å². The summed E-state index contributed by atoms with van der Waals surface area (Å²) < 4.78 is 2.82. The van der Waals surface area contributed by atoms with Gasteiger partial charge >= 0.3 is 0 Å². The molecule has 26 heavy (non-hydrogen) atoms. The number of amides is 1. The molecule has 2 aliphatic rings. The maximum atomic E-state index is 13.1. The molecule has 2 aromatic rings. The van der Waals surface area contributed by atoms with Crippen molar-refractivity contribution in [3.8, 4) is 0 Å². The van der Waals surface area contributed by atoms with Crippen molar-refractivity contribution in [2.75, 3.05) is 11.9 Å². The van der Waals surface area contributed by atoms with Gasteiger partial charge in [0.2, 0.25) is 0 Å². The predicted molar refractivity (Wildman–Crippen MR) is 107 cm³/mol. The third-order valence-corrected chi connectivity index (χ3v) is 6.81. The molecule has 0 aliphatic carbocycles. The van der Waals surface area contributed by atoms with Crippen LogP contribution in [0.15, 0.2) is 51.7 Å². The summed E-state index contributed by atoms with van der Waals surface area (Å²) in [6, 6.07) is 8.03. The molecule has 1 N–H and O–H groups in total. The first kappa shape index (κ1) is 16.9. The molecule has 0 radical (unpaired) electrons. The second-order valence-corrected chi connectivity index (χ2v) is 7.92. The predicted octanol–water partition coefficient (Wildman–Crippen LogP) is 1.06. The van der Waals surface area contributed by atoms with Crippen LogP contribution in [-0.2, 0) is 11.3 Å². The number of hydrazone groups is 1. The van der Waals surface area contributed by atoms with Crippen LogP contribution >= 0.6 is 23.1 Å². The summed E-state index contributed by atoms with van der Waals surface area (Å²) in [7, 11) is 1.95. The number of thiazole rings is 1. The van der Waals surface area contributed by atoms with Crippen LogP contribution in [0.1, 0.15) is 6.92 Å². The maximum Gasteiger partial charge on any atom is 0.276 e. The number of fused-ring (bicyclic) bond motifs is 1. The highest BCUT2D eigenvalue weighted by atomic mass is 32.2. The first-order valence-electron chi connectivity index (χ1n) is 7.97. The molecule has 0 bridgehead atoms. The molecule has 1 aromatic carbocycles. The molecular weight excluding hydrogens is 368 g/mol. The average Bonchev–Trinajstić information content (AvgIpc) is 3.24. The van der Waals surface area contributed by atoms with Gasteiger partial charge in [0.15, 0.2) is 0 Å². The lowest BCUT2D eigenvalue weighted by molar-refractivity contribution is -0.115. The molecule has 8 heteroatoms. The number of aromatic nitrogens is 1. The van der Waals surface area contributed by atoms with Crippen molar-refractivity contribution in [2.24, 2.45) is 5.10 Å². The molecular formula is C18H16N4O2S2. The molecule has 132 valence electrons. The molecule has 6 nitrogen and oxygen atoms in total. The summed E-state index contributed by atoms with van der Waals surface area (Å²) in [5.41, 5.74) is 4.45. The number of rotatable bonds is 2. The summed E-state index contributed by atoms with van der Waals surface area (Å²) in [5.74, 6) is -0.283.